The Labute approximate surface area is 174 Å². The van der Waals surface area contributed by atoms with Gasteiger partial charge in [-0.15, -0.1) is 0 Å². The minimum atomic E-state index is -0.672. The molecule has 2 aromatic heterocycles. The minimum absolute atomic E-state index is 0.0462. The number of likely N-dealkylation sites (tertiary alicyclic amines) is 1. The molecule has 1 saturated heterocycles. The van der Waals surface area contributed by atoms with Crippen LogP contribution in [-0.4, -0.2) is 57.0 Å². The molecule has 0 unspecified atom stereocenters. The van der Waals surface area contributed by atoms with Gasteiger partial charge in [0.05, 0.1) is 17.7 Å². The van der Waals surface area contributed by atoms with E-state index in [-0.39, 0.29) is 23.9 Å². The van der Waals surface area contributed by atoms with Gasteiger partial charge in [0.2, 0.25) is 0 Å². The zero-order chi connectivity index (χ0) is 20.8. The molecule has 0 radical (unpaired) electrons. The third-order valence-corrected chi connectivity index (χ3v) is 7.44. The maximum atomic E-state index is 13.6. The molecule has 0 spiro atoms. The van der Waals surface area contributed by atoms with Crippen LogP contribution in [0.15, 0.2) is 18.5 Å². The molecule has 3 saturated carbocycles. The van der Waals surface area contributed by atoms with Gasteiger partial charge in [-0.2, -0.15) is 0 Å². The molecule has 6 rings (SSSR count). The lowest BCUT2D eigenvalue weighted by Crippen LogP contribution is -2.58. The second-order valence-corrected chi connectivity index (χ2v) is 9.05. The maximum Gasteiger partial charge on any atom is 0.308 e. The average Bonchev–Trinajstić information content (AvgIpc) is 3.17. The molecule has 1 aliphatic heterocycles. The number of halogens is 1. The summed E-state index contributed by atoms with van der Waals surface area (Å²) in [5, 5.41) is 13.9. The Morgan fingerprint density at radius 3 is 2.53 bits per heavy atom. The molecule has 8 heteroatoms. The minimum Gasteiger partial charge on any atom is -0.481 e. The van der Waals surface area contributed by atoms with E-state index >= 15 is 0 Å². The Morgan fingerprint density at radius 1 is 1.13 bits per heavy atom. The highest BCUT2D eigenvalue weighted by molar-refractivity contribution is 6.05. The highest BCUT2D eigenvalue weighted by Crippen LogP contribution is 2.45. The number of carboxylic acid groups (broad SMARTS) is 1. The quantitative estimate of drug-likeness (QED) is 0.715. The van der Waals surface area contributed by atoms with Gasteiger partial charge in [0.15, 0.2) is 0 Å². The molecule has 3 heterocycles. The van der Waals surface area contributed by atoms with E-state index in [9.17, 15) is 19.1 Å². The van der Waals surface area contributed by atoms with Gasteiger partial charge in [0.1, 0.15) is 11.5 Å². The SMILES string of the molecule is O=C(O)[C@H]1C2CCC(CC2)[C@@H]1NC1CCN(C(=O)c2c[nH]c3ncc(F)cc23)CC1. The summed E-state index contributed by atoms with van der Waals surface area (Å²) in [7, 11) is 0. The summed E-state index contributed by atoms with van der Waals surface area (Å²) in [5.41, 5.74) is 0.947. The molecule has 7 nitrogen and oxygen atoms in total. The molecule has 3 N–H and O–H groups in total. The van der Waals surface area contributed by atoms with E-state index in [4.69, 9.17) is 0 Å². The lowest BCUT2D eigenvalue weighted by Gasteiger charge is -2.49. The number of fused-ring (bicyclic) bond motifs is 4. The molecule has 0 aromatic carbocycles. The number of amides is 1. The number of piperidine rings is 1. The Balaban J connectivity index is 1.23. The van der Waals surface area contributed by atoms with Crippen molar-refractivity contribution in [2.24, 2.45) is 17.8 Å². The topological polar surface area (TPSA) is 98.3 Å². The number of hydrogen-bond donors (Lipinski definition) is 3. The van der Waals surface area contributed by atoms with Crippen molar-refractivity contribution < 1.29 is 19.1 Å². The van der Waals surface area contributed by atoms with E-state index in [0.717, 1.165) is 44.7 Å². The normalized spacial score (nSPS) is 29.4. The summed E-state index contributed by atoms with van der Waals surface area (Å²) in [6.45, 7) is 1.20. The predicted octanol–water partition coefficient (Wildman–Crippen LogP) is 2.79. The van der Waals surface area contributed by atoms with Gasteiger partial charge in [0.25, 0.3) is 5.91 Å². The number of carbonyl (C=O) groups excluding carboxylic acids is 1. The van der Waals surface area contributed by atoms with Crippen LogP contribution in [0.2, 0.25) is 0 Å². The van der Waals surface area contributed by atoms with E-state index in [0.29, 0.717) is 41.5 Å². The zero-order valence-corrected chi connectivity index (χ0v) is 16.8. The van der Waals surface area contributed by atoms with Crippen molar-refractivity contribution >= 4 is 22.9 Å². The van der Waals surface area contributed by atoms with Gasteiger partial charge in [0, 0.05) is 36.8 Å². The largest absolute Gasteiger partial charge is 0.481 e. The number of pyridine rings is 1. The third kappa shape index (κ3) is 3.37. The van der Waals surface area contributed by atoms with Crippen molar-refractivity contribution in [2.45, 2.75) is 50.6 Å². The lowest BCUT2D eigenvalue weighted by molar-refractivity contribution is -0.150. The summed E-state index contributed by atoms with van der Waals surface area (Å²) < 4.78 is 13.6. The first-order valence-electron chi connectivity index (χ1n) is 10.9. The van der Waals surface area contributed by atoms with Crippen molar-refractivity contribution in [2.75, 3.05) is 13.1 Å². The Hall–Kier alpha value is -2.48. The molecule has 160 valence electrons. The van der Waals surface area contributed by atoms with E-state index in [1.165, 1.54) is 6.07 Å². The summed E-state index contributed by atoms with van der Waals surface area (Å²) in [6, 6.07) is 1.61. The van der Waals surface area contributed by atoms with E-state index < -0.39 is 11.8 Å². The van der Waals surface area contributed by atoms with Gasteiger partial charge in [-0.3, -0.25) is 9.59 Å². The Kier molecular flexibility index (Phi) is 4.97. The smallest absolute Gasteiger partial charge is 0.308 e. The number of rotatable bonds is 4. The molecule has 2 bridgehead atoms. The molecule has 2 atom stereocenters. The van der Waals surface area contributed by atoms with Crippen molar-refractivity contribution in [3.8, 4) is 0 Å². The van der Waals surface area contributed by atoms with Crippen LogP contribution in [0.3, 0.4) is 0 Å². The van der Waals surface area contributed by atoms with Gasteiger partial charge in [-0.25, -0.2) is 9.37 Å². The van der Waals surface area contributed by atoms with E-state index in [2.05, 4.69) is 15.3 Å². The summed E-state index contributed by atoms with van der Waals surface area (Å²) in [6.07, 6.45) is 8.62. The summed E-state index contributed by atoms with van der Waals surface area (Å²) >= 11 is 0. The Bertz CT molecular complexity index is 960. The van der Waals surface area contributed by atoms with Crippen LogP contribution in [0.5, 0.6) is 0 Å². The van der Waals surface area contributed by atoms with Crippen LogP contribution in [0.4, 0.5) is 4.39 Å². The number of aromatic nitrogens is 2. The number of nitrogens with zero attached hydrogens (tertiary/aromatic N) is 2. The van der Waals surface area contributed by atoms with Crippen LogP contribution < -0.4 is 5.32 Å². The second kappa shape index (κ2) is 7.65. The van der Waals surface area contributed by atoms with Crippen molar-refractivity contribution in [1.29, 1.82) is 0 Å². The Morgan fingerprint density at radius 2 is 1.83 bits per heavy atom. The summed E-state index contributed by atoms with van der Waals surface area (Å²) in [5.74, 6) is -0.798. The number of hydrogen-bond acceptors (Lipinski definition) is 4. The van der Waals surface area contributed by atoms with Crippen molar-refractivity contribution in [1.82, 2.24) is 20.2 Å². The average molecular weight is 414 g/mol. The number of H-pyrrole nitrogens is 1. The second-order valence-electron chi connectivity index (χ2n) is 9.05. The predicted molar refractivity (Wildman–Crippen MR) is 108 cm³/mol. The van der Waals surface area contributed by atoms with Crippen LogP contribution in [-0.2, 0) is 4.79 Å². The van der Waals surface area contributed by atoms with Crippen LogP contribution in [0, 0.1) is 23.6 Å². The molecular weight excluding hydrogens is 387 g/mol. The van der Waals surface area contributed by atoms with Crippen LogP contribution in [0.1, 0.15) is 48.9 Å². The number of carboxylic acids is 1. The first kappa shape index (κ1) is 19.5. The third-order valence-electron chi connectivity index (χ3n) is 7.44. The zero-order valence-electron chi connectivity index (χ0n) is 16.8. The molecule has 4 aliphatic rings. The molecular formula is C22H27FN4O3. The molecule has 1 amide bonds. The molecule has 30 heavy (non-hydrogen) atoms. The van der Waals surface area contributed by atoms with Crippen LogP contribution >= 0.6 is 0 Å². The van der Waals surface area contributed by atoms with Gasteiger partial charge in [-0.05, 0) is 56.4 Å². The lowest BCUT2D eigenvalue weighted by atomic mass is 9.61. The van der Waals surface area contributed by atoms with E-state index in [1.54, 1.807) is 11.1 Å². The fraction of sp³-hybridized carbons (Fsp3) is 0.591. The first-order valence-corrected chi connectivity index (χ1v) is 10.9. The fourth-order valence-corrected chi connectivity index (χ4v) is 5.89. The first-order chi connectivity index (χ1) is 14.5. The molecule has 2 aromatic rings. The molecule has 3 aliphatic carbocycles. The number of carbonyl (C=O) groups is 2. The van der Waals surface area contributed by atoms with E-state index in [1.807, 2.05) is 0 Å². The van der Waals surface area contributed by atoms with Gasteiger partial charge in [-0.1, -0.05) is 0 Å². The van der Waals surface area contributed by atoms with Crippen molar-refractivity contribution in [3.63, 3.8) is 0 Å². The standard InChI is InChI=1S/C22H27FN4O3/c23-14-9-16-17(11-25-20(16)24-10-14)21(28)27-7-5-15(6-8-27)26-19-13-3-1-12(2-4-13)18(19)22(29)30/h9-13,15,18-19,26H,1-8H2,(H,24,25)(H,29,30)/t12?,13?,18-,19-/m0/s1. The fourth-order valence-electron chi connectivity index (χ4n) is 5.89. The maximum absolute atomic E-state index is 13.6. The highest BCUT2D eigenvalue weighted by atomic mass is 19.1. The van der Waals surface area contributed by atoms with Gasteiger partial charge < -0.3 is 20.3 Å². The number of aliphatic carboxylic acids is 1. The van der Waals surface area contributed by atoms with Crippen molar-refractivity contribution in [3.05, 3.63) is 29.8 Å². The summed E-state index contributed by atoms with van der Waals surface area (Å²) in [4.78, 5) is 33.6. The highest BCUT2D eigenvalue weighted by Gasteiger charge is 2.47. The van der Waals surface area contributed by atoms with Crippen LogP contribution in [0.25, 0.3) is 11.0 Å². The molecule has 4 fully saturated rings. The number of nitrogens with one attached hydrogen (secondary N) is 2. The monoisotopic (exact) mass is 414 g/mol. The number of aromatic amines is 1. The van der Waals surface area contributed by atoms with Gasteiger partial charge >= 0.3 is 5.97 Å².